The Morgan fingerprint density at radius 1 is 0.632 bits per heavy atom. The van der Waals surface area contributed by atoms with E-state index in [4.69, 9.17) is 0 Å². The number of hydrogen-bond donors (Lipinski definition) is 0. The Morgan fingerprint density at radius 2 is 1.21 bits per heavy atom. The van der Waals surface area contributed by atoms with Crippen LogP contribution in [-0.4, -0.2) is 0 Å². The van der Waals surface area contributed by atoms with E-state index in [1.165, 1.54) is 57.8 Å². The molecular formula is C19H40. The molecule has 0 rings (SSSR count). The van der Waals surface area contributed by atoms with Crippen LogP contribution in [0.2, 0.25) is 0 Å². The van der Waals surface area contributed by atoms with E-state index in [1.807, 2.05) is 0 Å². The van der Waals surface area contributed by atoms with Gasteiger partial charge in [0.15, 0.2) is 0 Å². The molecule has 0 bridgehead atoms. The van der Waals surface area contributed by atoms with Gasteiger partial charge < -0.3 is 0 Å². The van der Waals surface area contributed by atoms with E-state index < -0.39 is 0 Å². The Balaban J connectivity index is 4.46. The molecule has 0 heteroatoms. The first-order chi connectivity index (χ1) is 9.08. The molecule has 0 saturated carbocycles. The van der Waals surface area contributed by atoms with Gasteiger partial charge >= 0.3 is 0 Å². The van der Waals surface area contributed by atoms with E-state index in [1.54, 1.807) is 0 Å². The molecule has 0 aromatic carbocycles. The van der Waals surface area contributed by atoms with Gasteiger partial charge in [-0.1, -0.05) is 86.5 Å². The zero-order valence-electron chi connectivity index (χ0n) is 14.7. The van der Waals surface area contributed by atoms with Crippen LogP contribution in [0.4, 0.5) is 0 Å². The Kier molecular flexibility index (Phi) is 11.8. The van der Waals surface area contributed by atoms with Crippen molar-refractivity contribution < 1.29 is 0 Å². The second-order valence-electron chi connectivity index (χ2n) is 6.95. The molecule has 19 heavy (non-hydrogen) atoms. The number of rotatable bonds is 12. The molecule has 0 amide bonds. The van der Waals surface area contributed by atoms with Crippen molar-refractivity contribution in [1.82, 2.24) is 0 Å². The van der Waals surface area contributed by atoms with Crippen LogP contribution in [0.15, 0.2) is 0 Å². The summed E-state index contributed by atoms with van der Waals surface area (Å²) in [5, 5.41) is 0. The lowest BCUT2D eigenvalue weighted by molar-refractivity contribution is 0.154. The first kappa shape index (κ1) is 19.0. The predicted octanol–water partition coefficient (Wildman–Crippen LogP) is 7.08. The first-order valence-electron chi connectivity index (χ1n) is 9.08. The van der Waals surface area contributed by atoms with Crippen LogP contribution in [0.3, 0.4) is 0 Å². The van der Waals surface area contributed by atoms with Crippen molar-refractivity contribution in [3.8, 4) is 0 Å². The van der Waals surface area contributed by atoms with Crippen LogP contribution in [0.1, 0.15) is 99.3 Å². The molecule has 0 N–H and O–H groups in total. The smallest absolute Gasteiger partial charge is 0.0358 e. The molecule has 0 radical (unpaired) electrons. The fourth-order valence-corrected chi connectivity index (χ4v) is 3.51. The highest BCUT2D eigenvalue weighted by atomic mass is 14.3. The van der Waals surface area contributed by atoms with Crippen LogP contribution in [0, 0.1) is 23.7 Å². The minimum Gasteiger partial charge on any atom is -0.0654 e. The lowest BCUT2D eigenvalue weighted by Crippen LogP contribution is -2.26. The van der Waals surface area contributed by atoms with Gasteiger partial charge in [0.1, 0.15) is 0 Å². The third-order valence-corrected chi connectivity index (χ3v) is 5.06. The molecule has 0 aromatic rings. The van der Waals surface area contributed by atoms with E-state index in [2.05, 4.69) is 41.5 Å². The van der Waals surface area contributed by atoms with Crippen molar-refractivity contribution in [1.29, 1.82) is 0 Å². The molecule has 0 spiro atoms. The standard InChI is InChI=1S/C19H40/c1-7-10-12-13-15-18(16(4)5)19(14-11-8-2)17(6)9-3/h16-19H,7-15H2,1-6H3. The summed E-state index contributed by atoms with van der Waals surface area (Å²) < 4.78 is 0. The lowest BCUT2D eigenvalue weighted by Gasteiger charge is -2.34. The topological polar surface area (TPSA) is 0 Å². The van der Waals surface area contributed by atoms with Gasteiger partial charge in [-0.3, -0.25) is 0 Å². The molecule has 0 aliphatic carbocycles. The van der Waals surface area contributed by atoms with Crippen LogP contribution < -0.4 is 0 Å². The van der Waals surface area contributed by atoms with Gasteiger partial charge in [0.25, 0.3) is 0 Å². The van der Waals surface area contributed by atoms with E-state index in [-0.39, 0.29) is 0 Å². The van der Waals surface area contributed by atoms with E-state index in [0.717, 1.165) is 23.7 Å². The highest BCUT2D eigenvalue weighted by Gasteiger charge is 2.27. The Hall–Kier alpha value is 0. The van der Waals surface area contributed by atoms with Gasteiger partial charge in [0, 0.05) is 0 Å². The zero-order chi connectivity index (χ0) is 14.7. The zero-order valence-corrected chi connectivity index (χ0v) is 14.7. The lowest BCUT2D eigenvalue weighted by atomic mass is 9.71. The van der Waals surface area contributed by atoms with Crippen molar-refractivity contribution in [2.24, 2.45) is 23.7 Å². The second kappa shape index (κ2) is 11.8. The summed E-state index contributed by atoms with van der Waals surface area (Å²) in [4.78, 5) is 0. The fraction of sp³-hybridized carbons (Fsp3) is 1.00. The average Bonchev–Trinajstić information content (AvgIpc) is 2.40. The minimum absolute atomic E-state index is 0.859. The number of unbranched alkanes of at least 4 members (excludes halogenated alkanes) is 4. The molecule has 3 atom stereocenters. The van der Waals surface area contributed by atoms with Crippen molar-refractivity contribution >= 4 is 0 Å². The van der Waals surface area contributed by atoms with Crippen LogP contribution in [0.5, 0.6) is 0 Å². The second-order valence-corrected chi connectivity index (χ2v) is 6.95. The van der Waals surface area contributed by atoms with Gasteiger partial charge in [-0.15, -0.1) is 0 Å². The van der Waals surface area contributed by atoms with Crippen molar-refractivity contribution in [2.45, 2.75) is 99.3 Å². The summed E-state index contributed by atoms with van der Waals surface area (Å²) in [5.74, 6) is 3.69. The molecule has 3 unspecified atom stereocenters. The largest absolute Gasteiger partial charge is 0.0654 e. The van der Waals surface area contributed by atoms with Crippen LogP contribution in [-0.2, 0) is 0 Å². The van der Waals surface area contributed by atoms with Crippen LogP contribution >= 0.6 is 0 Å². The van der Waals surface area contributed by atoms with Gasteiger partial charge in [0.2, 0.25) is 0 Å². The van der Waals surface area contributed by atoms with Gasteiger partial charge in [0.05, 0.1) is 0 Å². The predicted molar refractivity (Wildman–Crippen MR) is 89.6 cm³/mol. The fourth-order valence-electron chi connectivity index (χ4n) is 3.51. The van der Waals surface area contributed by atoms with E-state index in [9.17, 15) is 0 Å². The summed E-state index contributed by atoms with van der Waals surface area (Å²) >= 11 is 0. The maximum Gasteiger partial charge on any atom is -0.0358 e. The average molecular weight is 269 g/mol. The highest BCUT2D eigenvalue weighted by molar-refractivity contribution is 4.77. The van der Waals surface area contributed by atoms with Crippen molar-refractivity contribution in [3.63, 3.8) is 0 Å². The number of hydrogen-bond acceptors (Lipinski definition) is 0. The summed E-state index contributed by atoms with van der Waals surface area (Å²) in [6.45, 7) is 14.4. The van der Waals surface area contributed by atoms with E-state index >= 15 is 0 Å². The molecule has 0 fully saturated rings. The Labute approximate surface area is 123 Å². The molecular weight excluding hydrogens is 228 g/mol. The highest BCUT2D eigenvalue weighted by Crippen LogP contribution is 2.36. The van der Waals surface area contributed by atoms with Crippen LogP contribution in [0.25, 0.3) is 0 Å². The molecule has 116 valence electrons. The minimum atomic E-state index is 0.859. The molecule has 0 heterocycles. The normalized spacial score (nSPS) is 16.6. The maximum absolute atomic E-state index is 2.49. The quantitative estimate of drug-likeness (QED) is 0.332. The summed E-state index contributed by atoms with van der Waals surface area (Å²) in [7, 11) is 0. The van der Waals surface area contributed by atoms with Gasteiger partial charge in [-0.25, -0.2) is 0 Å². The van der Waals surface area contributed by atoms with Gasteiger partial charge in [-0.05, 0) is 36.5 Å². The first-order valence-corrected chi connectivity index (χ1v) is 9.08. The van der Waals surface area contributed by atoms with Crippen molar-refractivity contribution in [3.05, 3.63) is 0 Å². The Bertz CT molecular complexity index is 182. The van der Waals surface area contributed by atoms with Crippen molar-refractivity contribution in [2.75, 3.05) is 0 Å². The molecule has 0 aromatic heterocycles. The summed E-state index contributed by atoms with van der Waals surface area (Å²) in [6.07, 6.45) is 12.7. The maximum atomic E-state index is 2.49. The third-order valence-electron chi connectivity index (χ3n) is 5.06. The van der Waals surface area contributed by atoms with Gasteiger partial charge in [-0.2, -0.15) is 0 Å². The monoisotopic (exact) mass is 268 g/mol. The Morgan fingerprint density at radius 3 is 1.68 bits per heavy atom. The SMILES string of the molecule is CCCCCCC(C(C)C)C(CCCC)C(C)CC. The molecule has 0 aliphatic heterocycles. The molecule has 0 aliphatic rings. The third kappa shape index (κ3) is 8.00. The molecule has 0 saturated heterocycles. The molecule has 0 nitrogen and oxygen atoms in total. The summed E-state index contributed by atoms with van der Waals surface area (Å²) in [6, 6.07) is 0. The summed E-state index contributed by atoms with van der Waals surface area (Å²) in [5.41, 5.74) is 0. The van der Waals surface area contributed by atoms with E-state index in [0.29, 0.717) is 0 Å².